The largest absolute Gasteiger partial charge is 0.490 e. The number of para-hydroxylation sites is 1. The van der Waals surface area contributed by atoms with E-state index in [0.29, 0.717) is 18.8 Å². The van der Waals surface area contributed by atoms with Crippen LogP contribution in [0.15, 0.2) is 84.6 Å². The maximum atomic E-state index is 13.1. The molecule has 5 aromatic rings. The number of amides is 1. The van der Waals surface area contributed by atoms with Crippen molar-refractivity contribution in [3.05, 3.63) is 101 Å². The molecule has 39 heavy (non-hydrogen) atoms. The zero-order valence-electron chi connectivity index (χ0n) is 22.1. The van der Waals surface area contributed by atoms with E-state index in [0.717, 1.165) is 34.3 Å². The van der Waals surface area contributed by atoms with Gasteiger partial charge in [-0.25, -0.2) is 0 Å². The van der Waals surface area contributed by atoms with Crippen molar-refractivity contribution in [2.75, 3.05) is 11.9 Å². The van der Waals surface area contributed by atoms with Crippen LogP contribution in [0.2, 0.25) is 0 Å². The van der Waals surface area contributed by atoms with Gasteiger partial charge in [-0.15, -0.1) is 11.3 Å². The van der Waals surface area contributed by atoms with Gasteiger partial charge < -0.3 is 20.8 Å². The highest BCUT2D eigenvalue weighted by Gasteiger charge is 2.42. The molecule has 1 amide bonds. The van der Waals surface area contributed by atoms with Gasteiger partial charge in [-0.3, -0.25) is 9.78 Å². The van der Waals surface area contributed by atoms with Gasteiger partial charge in [0.1, 0.15) is 12.4 Å². The minimum absolute atomic E-state index is 0.0584. The maximum Gasteiger partial charge on any atom is 0.232 e. The van der Waals surface area contributed by atoms with Gasteiger partial charge in [-0.1, -0.05) is 44.2 Å². The summed E-state index contributed by atoms with van der Waals surface area (Å²) in [4.78, 5) is 22.1. The van der Waals surface area contributed by atoms with Gasteiger partial charge in [-0.05, 0) is 70.7 Å². The summed E-state index contributed by atoms with van der Waals surface area (Å²) >= 11 is 1.74. The van der Waals surface area contributed by atoms with Crippen LogP contribution in [0.25, 0.3) is 22.0 Å². The fourth-order valence-electron chi connectivity index (χ4n) is 5.68. The molecule has 0 saturated heterocycles. The highest BCUT2D eigenvalue weighted by molar-refractivity contribution is 7.09. The Morgan fingerprint density at radius 1 is 1.08 bits per heavy atom. The number of pyridine rings is 1. The summed E-state index contributed by atoms with van der Waals surface area (Å²) in [7, 11) is 0. The first kappa shape index (κ1) is 25.3. The SMILES string of the molecule is CC(C)(Cc1cccs1)C1C(=O)Nc2ccc(-c3cncc(OC[C@@H](N)Cc4c[nH]c5ccccc45)c3)cc21. The summed E-state index contributed by atoms with van der Waals surface area (Å²) in [6.07, 6.45) is 7.13. The number of thiophene rings is 1. The van der Waals surface area contributed by atoms with Crippen molar-refractivity contribution in [1.29, 1.82) is 0 Å². The van der Waals surface area contributed by atoms with Gasteiger partial charge in [0.25, 0.3) is 0 Å². The van der Waals surface area contributed by atoms with Crippen molar-refractivity contribution in [3.8, 4) is 16.9 Å². The number of ether oxygens (including phenoxy) is 1. The molecule has 1 unspecified atom stereocenters. The number of fused-ring (bicyclic) bond motifs is 2. The van der Waals surface area contributed by atoms with Crippen molar-refractivity contribution < 1.29 is 9.53 Å². The Hall–Kier alpha value is -3.94. The predicted molar refractivity (Wildman–Crippen MR) is 158 cm³/mol. The lowest BCUT2D eigenvalue weighted by Crippen LogP contribution is -2.30. The third-order valence-electron chi connectivity index (χ3n) is 7.54. The van der Waals surface area contributed by atoms with Crippen LogP contribution in [0, 0.1) is 5.41 Å². The van der Waals surface area contributed by atoms with Gasteiger partial charge in [-0.2, -0.15) is 0 Å². The molecule has 6 nitrogen and oxygen atoms in total. The first-order valence-electron chi connectivity index (χ1n) is 13.2. The number of carbonyl (C=O) groups is 1. The number of benzene rings is 2. The lowest BCUT2D eigenvalue weighted by atomic mass is 9.72. The molecule has 2 atom stereocenters. The lowest BCUT2D eigenvalue weighted by Gasteiger charge is -2.30. The molecule has 2 aromatic carbocycles. The topological polar surface area (TPSA) is 93.0 Å². The Balaban J connectivity index is 1.17. The first-order valence-corrected chi connectivity index (χ1v) is 14.1. The van der Waals surface area contributed by atoms with E-state index >= 15 is 0 Å². The number of nitrogens with two attached hydrogens (primary N) is 1. The molecule has 0 bridgehead atoms. The van der Waals surface area contributed by atoms with Crippen LogP contribution in [0.4, 0.5) is 5.69 Å². The summed E-state index contributed by atoms with van der Waals surface area (Å²) in [6, 6.07) is 20.4. The van der Waals surface area contributed by atoms with E-state index < -0.39 is 0 Å². The molecule has 0 aliphatic carbocycles. The van der Waals surface area contributed by atoms with Gasteiger partial charge >= 0.3 is 0 Å². The molecule has 1 aliphatic rings. The molecule has 4 N–H and O–H groups in total. The summed E-state index contributed by atoms with van der Waals surface area (Å²) < 4.78 is 6.07. The van der Waals surface area contributed by atoms with E-state index in [4.69, 9.17) is 10.5 Å². The molecule has 0 fully saturated rings. The Kier molecular flexibility index (Phi) is 6.71. The standard InChI is InChI=1S/C32H32N4O2S/c1-32(2,15-25-6-5-11-39-25)30-27-14-20(9-10-29(27)36-31(30)37)21-13-24(18-34-16-21)38-19-23(33)12-22-17-35-28-8-4-3-7-26(22)28/h3-11,13-14,16-18,23,30,35H,12,15,19,33H2,1-2H3,(H,36,37)/t23-,30?/m0/s1. The Morgan fingerprint density at radius 2 is 1.95 bits per heavy atom. The zero-order chi connectivity index (χ0) is 27.0. The van der Waals surface area contributed by atoms with Crippen molar-refractivity contribution >= 4 is 33.8 Å². The number of H-pyrrole nitrogens is 1. The zero-order valence-corrected chi connectivity index (χ0v) is 22.9. The minimum Gasteiger partial charge on any atom is -0.490 e. The monoisotopic (exact) mass is 536 g/mol. The molecule has 198 valence electrons. The molecular formula is C32H32N4O2S. The number of anilines is 1. The normalized spacial score (nSPS) is 15.8. The molecule has 1 aliphatic heterocycles. The summed E-state index contributed by atoms with van der Waals surface area (Å²) in [5, 5.41) is 6.37. The highest BCUT2D eigenvalue weighted by atomic mass is 32.1. The number of rotatable bonds is 9. The van der Waals surface area contributed by atoms with Crippen LogP contribution >= 0.6 is 11.3 Å². The molecule has 7 heteroatoms. The lowest BCUT2D eigenvalue weighted by molar-refractivity contribution is -0.119. The van der Waals surface area contributed by atoms with Crippen LogP contribution in [0.3, 0.4) is 0 Å². The molecule has 3 aromatic heterocycles. The first-order chi connectivity index (χ1) is 18.9. The van der Waals surface area contributed by atoms with Gasteiger partial charge in [0.2, 0.25) is 5.91 Å². The smallest absolute Gasteiger partial charge is 0.232 e. The molecular weight excluding hydrogens is 504 g/mol. The van der Waals surface area contributed by atoms with Crippen molar-refractivity contribution in [2.24, 2.45) is 11.1 Å². The van der Waals surface area contributed by atoms with Crippen LogP contribution in [0.5, 0.6) is 5.75 Å². The number of hydrogen-bond acceptors (Lipinski definition) is 5. The van der Waals surface area contributed by atoms with Crippen LogP contribution in [0.1, 0.15) is 35.8 Å². The van der Waals surface area contributed by atoms with Crippen LogP contribution in [-0.2, 0) is 17.6 Å². The predicted octanol–water partition coefficient (Wildman–Crippen LogP) is 6.54. The second kappa shape index (κ2) is 10.3. The van der Waals surface area contributed by atoms with Crippen LogP contribution in [-0.4, -0.2) is 28.5 Å². The molecule has 0 spiro atoms. The van der Waals surface area contributed by atoms with E-state index in [1.54, 1.807) is 17.5 Å². The van der Waals surface area contributed by atoms with E-state index in [9.17, 15) is 4.79 Å². The number of aromatic nitrogens is 2. The second-order valence-electron chi connectivity index (χ2n) is 11.0. The average molecular weight is 537 g/mol. The van der Waals surface area contributed by atoms with Gasteiger partial charge in [0.15, 0.2) is 0 Å². The summed E-state index contributed by atoms with van der Waals surface area (Å²) in [6.45, 7) is 4.73. The van der Waals surface area contributed by atoms with E-state index in [2.05, 4.69) is 64.8 Å². The van der Waals surface area contributed by atoms with Gasteiger partial charge in [0, 0.05) is 45.5 Å². The highest BCUT2D eigenvalue weighted by Crippen LogP contribution is 2.47. The Bertz CT molecular complexity index is 1620. The minimum atomic E-state index is -0.233. The summed E-state index contributed by atoms with van der Waals surface area (Å²) in [5.41, 5.74) is 12.4. The van der Waals surface area contributed by atoms with E-state index in [1.807, 2.05) is 42.7 Å². The number of hydrogen-bond donors (Lipinski definition) is 3. The number of nitrogens with one attached hydrogen (secondary N) is 2. The fraction of sp³-hybridized carbons (Fsp3) is 0.250. The second-order valence-corrected chi connectivity index (χ2v) is 12.0. The van der Waals surface area contributed by atoms with Crippen LogP contribution < -0.4 is 15.8 Å². The van der Waals surface area contributed by atoms with E-state index in [-0.39, 0.29) is 23.3 Å². The third kappa shape index (κ3) is 5.20. The number of aromatic amines is 1. The molecule has 0 saturated carbocycles. The Labute approximate surface area is 232 Å². The molecule has 0 radical (unpaired) electrons. The maximum absolute atomic E-state index is 13.1. The van der Waals surface area contributed by atoms with Gasteiger partial charge in [0.05, 0.1) is 12.1 Å². The quantitative estimate of drug-likeness (QED) is 0.199. The summed E-state index contributed by atoms with van der Waals surface area (Å²) in [5.74, 6) is 0.499. The molecule has 4 heterocycles. The third-order valence-corrected chi connectivity index (χ3v) is 8.42. The van der Waals surface area contributed by atoms with Crippen molar-refractivity contribution in [2.45, 2.75) is 38.6 Å². The number of nitrogens with zero attached hydrogens (tertiary/aromatic N) is 1. The van der Waals surface area contributed by atoms with Crippen molar-refractivity contribution in [3.63, 3.8) is 0 Å². The Morgan fingerprint density at radius 3 is 2.79 bits per heavy atom. The van der Waals surface area contributed by atoms with E-state index in [1.165, 1.54) is 15.8 Å². The number of carbonyl (C=O) groups excluding carboxylic acids is 1. The fourth-order valence-corrected chi connectivity index (χ4v) is 6.63. The molecule has 6 rings (SSSR count). The van der Waals surface area contributed by atoms with Crippen molar-refractivity contribution in [1.82, 2.24) is 9.97 Å². The average Bonchev–Trinajstić information content (AvgIpc) is 3.66.